The molecule has 0 nitrogen and oxygen atoms in total. The molecule has 0 fully saturated rings. The number of rotatable bonds is 15. The molecule has 0 aromatic rings. The molecule has 1 heteroatoms. The average Bonchev–Trinajstić information content (AvgIpc) is 2.53. The van der Waals surface area contributed by atoms with Crippen molar-refractivity contribution in [2.45, 2.75) is 85.5 Å². The molecule has 0 radical (unpaired) electrons. The van der Waals surface area contributed by atoms with Crippen molar-refractivity contribution in [2.75, 3.05) is 23.0 Å². The highest BCUT2D eigenvalue weighted by Crippen LogP contribution is 2.47. The summed E-state index contributed by atoms with van der Waals surface area (Å²) >= 11 is 0. The first kappa shape index (κ1) is 21.8. The van der Waals surface area contributed by atoms with E-state index in [-0.39, 0.29) is 10.0 Å². The molecule has 0 unspecified atom stereocenters. The fraction of sp³-hybridized carbons (Fsp3) is 0.810. The number of hydrogen-bond acceptors (Lipinski definition) is 0. The lowest BCUT2D eigenvalue weighted by atomic mass is 10.0. The van der Waals surface area contributed by atoms with Crippen molar-refractivity contribution in [2.24, 2.45) is 0 Å². The lowest BCUT2D eigenvalue weighted by Gasteiger charge is -2.37. The Morgan fingerprint density at radius 2 is 1.09 bits per heavy atom. The normalized spacial score (nSPS) is 12.4. The molecule has 0 aliphatic carbocycles. The van der Waals surface area contributed by atoms with Crippen molar-refractivity contribution in [3.63, 3.8) is 0 Å². The lowest BCUT2D eigenvalue weighted by Crippen LogP contribution is -2.13. The number of allylic oxidation sites excluding steroid dienone is 2. The molecule has 0 aromatic heterocycles. The maximum Gasteiger partial charge on any atom is -0.0228 e. The van der Waals surface area contributed by atoms with Gasteiger partial charge in [-0.25, -0.2) is 10.0 Å². The van der Waals surface area contributed by atoms with Gasteiger partial charge in [0.2, 0.25) is 0 Å². The Hall–Kier alpha value is -0.170. The average molecular weight is 327 g/mol. The summed E-state index contributed by atoms with van der Waals surface area (Å²) in [5.74, 6) is 5.85. The van der Waals surface area contributed by atoms with Crippen LogP contribution in [0.2, 0.25) is 0 Å². The van der Waals surface area contributed by atoms with Crippen molar-refractivity contribution in [1.29, 1.82) is 0 Å². The molecular formula is C21H42S. The summed E-state index contributed by atoms with van der Waals surface area (Å²) in [7, 11) is -0.246. The number of unbranched alkanes of at least 4 members (excludes halogenated alkanes) is 7. The molecule has 0 rings (SSSR count). The van der Waals surface area contributed by atoms with Gasteiger partial charge in [0.15, 0.2) is 0 Å². The van der Waals surface area contributed by atoms with Gasteiger partial charge in [0.1, 0.15) is 0 Å². The Balaban J connectivity index is 3.44. The number of hydrogen-bond donors (Lipinski definition) is 0. The van der Waals surface area contributed by atoms with Gasteiger partial charge in [-0.05, 0) is 49.2 Å². The van der Waals surface area contributed by atoms with Crippen molar-refractivity contribution >= 4 is 10.0 Å². The Kier molecular flexibility index (Phi) is 13.2. The van der Waals surface area contributed by atoms with Crippen LogP contribution in [0, 0.1) is 0 Å². The second-order valence-corrected chi connectivity index (χ2v) is 11.3. The van der Waals surface area contributed by atoms with E-state index in [2.05, 4.69) is 40.9 Å². The summed E-state index contributed by atoms with van der Waals surface area (Å²) in [6.07, 6.45) is 12.4. The van der Waals surface area contributed by atoms with E-state index in [0.717, 1.165) is 12.0 Å². The highest BCUT2D eigenvalue weighted by Gasteiger charge is 2.16. The largest absolute Gasteiger partial charge is 0.242 e. The molecule has 0 aliphatic heterocycles. The Bertz CT molecular complexity index is 291. The topological polar surface area (TPSA) is 0 Å². The zero-order valence-electron chi connectivity index (χ0n) is 16.0. The minimum absolute atomic E-state index is 0.246. The summed E-state index contributed by atoms with van der Waals surface area (Å²) in [6.45, 7) is 17.3. The van der Waals surface area contributed by atoms with E-state index in [1.54, 1.807) is 0 Å². The fourth-order valence-corrected chi connectivity index (χ4v) is 5.97. The Labute approximate surface area is 143 Å². The van der Waals surface area contributed by atoms with E-state index in [4.69, 9.17) is 0 Å². The molecule has 0 spiro atoms. The van der Waals surface area contributed by atoms with E-state index >= 15 is 0 Å². The second-order valence-electron chi connectivity index (χ2n) is 6.76. The molecule has 22 heavy (non-hydrogen) atoms. The highest BCUT2D eigenvalue weighted by molar-refractivity contribution is 8.33. The van der Waals surface area contributed by atoms with E-state index in [9.17, 15) is 0 Å². The van der Waals surface area contributed by atoms with Crippen molar-refractivity contribution in [3.05, 3.63) is 24.3 Å². The third-order valence-corrected chi connectivity index (χ3v) is 10.1. The van der Waals surface area contributed by atoms with Crippen LogP contribution >= 0.6 is 10.0 Å². The maximum absolute atomic E-state index is 4.07. The smallest absolute Gasteiger partial charge is 0.0228 e. The van der Waals surface area contributed by atoms with Crippen LogP contribution in [-0.4, -0.2) is 23.0 Å². The van der Waals surface area contributed by atoms with Crippen LogP contribution in [0.1, 0.15) is 85.5 Å². The molecule has 0 atom stereocenters. The van der Waals surface area contributed by atoms with Gasteiger partial charge in [0, 0.05) is 0 Å². The van der Waals surface area contributed by atoms with Crippen molar-refractivity contribution in [1.82, 2.24) is 0 Å². The van der Waals surface area contributed by atoms with Crippen LogP contribution in [0.25, 0.3) is 0 Å². The molecule has 0 heterocycles. The zero-order chi connectivity index (χ0) is 16.8. The molecule has 0 amide bonds. The SMILES string of the molecule is C=C(C)C(=C)CCCCCCCCCCS(CC)(CC)CC. The predicted molar refractivity (Wildman–Crippen MR) is 110 cm³/mol. The first-order chi connectivity index (χ1) is 10.5. The minimum atomic E-state index is -0.246. The first-order valence-electron chi connectivity index (χ1n) is 9.59. The van der Waals surface area contributed by atoms with Gasteiger partial charge in [-0.3, -0.25) is 0 Å². The van der Waals surface area contributed by atoms with E-state index < -0.39 is 0 Å². The van der Waals surface area contributed by atoms with E-state index in [0.29, 0.717) is 0 Å². The van der Waals surface area contributed by atoms with Gasteiger partial charge in [-0.15, -0.1) is 0 Å². The Morgan fingerprint density at radius 1 is 0.682 bits per heavy atom. The molecule has 0 aromatic carbocycles. The summed E-state index contributed by atoms with van der Waals surface area (Å²) in [5, 5.41) is 0. The summed E-state index contributed by atoms with van der Waals surface area (Å²) in [4.78, 5) is 0. The molecule has 0 N–H and O–H groups in total. The lowest BCUT2D eigenvalue weighted by molar-refractivity contribution is 0.576. The van der Waals surface area contributed by atoms with Gasteiger partial charge < -0.3 is 0 Å². The maximum atomic E-state index is 4.07. The highest BCUT2D eigenvalue weighted by atomic mass is 32.3. The third kappa shape index (κ3) is 9.77. The summed E-state index contributed by atoms with van der Waals surface area (Å²) in [6, 6.07) is 0. The molecule has 0 saturated heterocycles. The van der Waals surface area contributed by atoms with Gasteiger partial charge in [0.05, 0.1) is 0 Å². The monoisotopic (exact) mass is 326 g/mol. The standard InChI is InChI=1S/C21H42S/c1-7-22(8-2,9-3)19-17-15-13-11-10-12-14-16-18-21(6)20(4)5/h4,6-19H2,1-3,5H3. The van der Waals surface area contributed by atoms with Crippen LogP contribution in [0.5, 0.6) is 0 Å². The van der Waals surface area contributed by atoms with Gasteiger partial charge >= 0.3 is 0 Å². The van der Waals surface area contributed by atoms with Crippen LogP contribution in [0.15, 0.2) is 24.3 Å². The molecule has 132 valence electrons. The van der Waals surface area contributed by atoms with Crippen LogP contribution in [0.4, 0.5) is 0 Å². The van der Waals surface area contributed by atoms with E-state index in [1.807, 2.05) is 0 Å². The molecule has 0 saturated carbocycles. The van der Waals surface area contributed by atoms with Crippen LogP contribution in [-0.2, 0) is 0 Å². The van der Waals surface area contributed by atoms with Crippen LogP contribution in [0.3, 0.4) is 0 Å². The van der Waals surface area contributed by atoms with Crippen molar-refractivity contribution < 1.29 is 0 Å². The zero-order valence-corrected chi connectivity index (χ0v) is 16.8. The quantitative estimate of drug-likeness (QED) is 0.216. The van der Waals surface area contributed by atoms with Crippen LogP contribution < -0.4 is 0 Å². The third-order valence-electron chi connectivity index (χ3n) is 5.25. The predicted octanol–water partition coefficient (Wildman–Crippen LogP) is 7.49. The van der Waals surface area contributed by atoms with Gasteiger partial charge in [-0.2, -0.15) is 0 Å². The second kappa shape index (κ2) is 13.3. The van der Waals surface area contributed by atoms with Crippen molar-refractivity contribution in [3.8, 4) is 0 Å². The summed E-state index contributed by atoms with van der Waals surface area (Å²) in [5.41, 5.74) is 2.40. The van der Waals surface area contributed by atoms with Gasteiger partial charge in [0.25, 0.3) is 0 Å². The molecule has 0 bridgehead atoms. The molecular weight excluding hydrogens is 284 g/mol. The summed E-state index contributed by atoms with van der Waals surface area (Å²) < 4.78 is 0. The fourth-order valence-electron chi connectivity index (χ4n) is 3.07. The van der Waals surface area contributed by atoms with E-state index in [1.165, 1.54) is 80.0 Å². The first-order valence-corrected chi connectivity index (χ1v) is 11.9. The Morgan fingerprint density at radius 3 is 1.50 bits per heavy atom. The minimum Gasteiger partial charge on any atom is -0.242 e. The van der Waals surface area contributed by atoms with Gasteiger partial charge in [-0.1, -0.05) is 83.6 Å². The molecule has 0 aliphatic rings.